The predicted molar refractivity (Wildman–Crippen MR) is 80.8 cm³/mol. The largest absolute Gasteiger partial charge is 0.355 e. The maximum absolute atomic E-state index is 12.0. The zero-order chi connectivity index (χ0) is 15.3. The zero-order valence-corrected chi connectivity index (χ0v) is 12.9. The average molecular weight is 276 g/mol. The molecular formula is C16H24N2O2. The number of hydrogen-bond donors (Lipinski definition) is 2. The molecule has 0 bridgehead atoms. The van der Waals surface area contributed by atoms with E-state index in [9.17, 15) is 9.59 Å². The Morgan fingerprint density at radius 1 is 1.15 bits per heavy atom. The molecule has 1 aromatic carbocycles. The fourth-order valence-electron chi connectivity index (χ4n) is 1.79. The third-order valence-corrected chi connectivity index (χ3v) is 3.11. The Morgan fingerprint density at radius 3 is 2.15 bits per heavy atom. The summed E-state index contributed by atoms with van der Waals surface area (Å²) in [6, 6.07) is 6.95. The Balaban J connectivity index is 2.71. The van der Waals surface area contributed by atoms with E-state index in [0.717, 1.165) is 0 Å². The van der Waals surface area contributed by atoms with Gasteiger partial charge in [0.05, 0.1) is 0 Å². The van der Waals surface area contributed by atoms with Gasteiger partial charge < -0.3 is 10.6 Å². The van der Waals surface area contributed by atoms with E-state index in [2.05, 4.69) is 31.4 Å². The summed E-state index contributed by atoms with van der Waals surface area (Å²) in [5.41, 5.74) is 1.79. The van der Waals surface area contributed by atoms with Gasteiger partial charge >= 0.3 is 0 Å². The molecule has 2 N–H and O–H groups in total. The molecule has 1 aromatic rings. The minimum atomic E-state index is -0.537. The van der Waals surface area contributed by atoms with Crippen LogP contribution < -0.4 is 10.6 Å². The van der Waals surface area contributed by atoms with Crippen LogP contribution in [0.5, 0.6) is 0 Å². The summed E-state index contributed by atoms with van der Waals surface area (Å²) in [6.45, 7) is 10.4. The molecule has 0 spiro atoms. The lowest BCUT2D eigenvalue weighted by Gasteiger charge is -2.19. The van der Waals surface area contributed by atoms with Crippen molar-refractivity contribution in [3.8, 4) is 0 Å². The molecule has 0 aliphatic heterocycles. The van der Waals surface area contributed by atoms with Gasteiger partial charge in [-0.05, 0) is 37.0 Å². The second-order valence-electron chi connectivity index (χ2n) is 5.92. The molecule has 0 aliphatic rings. The number of benzene rings is 1. The Bertz CT molecular complexity index is 472. The van der Waals surface area contributed by atoms with E-state index >= 15 is 0 Å². The highest BCUT2D eigenvalue weighted by Crippen LogP contribution is 2.22. The van der Waals surface area contributed by atoms with Crippen LogP contribution in [0.15, 0.2) is 24.3 Å². The van der Waals surface area contributed by atoms with Crippen LogP contribution in [0.1, 0.15) is 50.5 Å². The normalized spacial score (nSPS) is 12.7. The lowest BCUT2D eigenvalue weighted by atomic mass is 9.86. The smallest absolute Gasteiger partial charge is 0.251 e. The van der Waals surface area contributed by atoms with Gasteiger partial charge in [0.2, 0.25) is 5.91 Å². The van der Waals surface area contributed by atoms with Gasteiger partial charge in [0, 0.05) is 12.1 Å². The first-order valence-electron chi connectivity index (χ1n) is 6.94. The Kier molecular flexibility index (Phi) is 5.31. The van der Waals surface area contributed by atoms with E-state index in [0.29, 0.717) is 12.1 Å². The van der Waals surface area contributed by atoms with E-state index in [-0.39, 0.29) is 17.2 Å². The van der Waals surface area contributed by atoms with E-state index in [1.807, 2.05) is 19.1 Å². The summed E-state index contributed by atoms with van der Waals surface area (Å²) in [4.78, 5) is 23.6. The van der Waals surface area contributed by atoms with Gasteiger partial charge in [-0.25, -0.2) is 0 Å². The third-order valence-electron chi connectivity index (χ3n) is 3.11. The maximum Gasteiger partial charge on any atom is 0.251 e. The molecule has 0 saturated carbocycles. The van der Waals surface area contributed by atoms with Crippen LogP contribution in [0.2, 0.25) is 0 Å². The Labute approximate surface area is 121 Å². The molecule has 20 heavy (non-hydrogen) atoms. The minimum absolute atomic E-state index is 0.0588. The summed E-state index contributed by atoms with van der Waals surface area (Å²) in [7, 11) is 0. The molecule has 1 rings (SSSR count). The maximum atomic E-state index is 12.0. The van der Waals surface area contributed by atoms with Crippen molar-refractivity contribution in [2.45, 2.75) is 46.1 Å². The van der Waals surface area contributed by atoms with E-state index in [1.54, 1.807) is 19.1 Å². The number of carbonyl (C=O) groups is 2. The van der Waals surface area contributed by atoms with Crippen molar-refractivity contribution in [1.82, 2.24) is 10.6 Å². The highest BCUT2D eigenvalue weighted by Gasteiger charge is 2.17. The summed E-state index contributed by atoms with van der Waals surface area (Å²) >= 11 is 0. The average Bonchev–Trinajstić information content (AvgIpc) is 2.38. The van der Waals surface area contributed by atoms with Gasteiger partial charge in [0.25, 0.3) is 5.91 Å². The lowest BCUT2D eigenvalue weighted by molar-refractivity contribution is -0.122. The summed E-state index contributed by atoms with van der Waals surface area (Å²) in [5.74, 6) is -0.406. The van der Waals surface area contributed by atoms with Crippen LogP contribution in [0.3, 0.4) is 0 Å². The molecular weight excluding hydrogens is 252 g/mol. The van der Waals surface area contributed by atoms with Gasteiger partial charge in [-0.3, -0.25) is 9.59 Å². The van der Waals surface area contributed by atoms with Crippen molar-refractivity contribution in [1.29, 1.82) is 0 Å². The van der Waals surface area contributed by atoms with E-state index in [4.69, 9.17) is 0 Å². The van der Waals surface area contributed by atoms with E-state index in [1.165, 1.54) is 5.56 Å². The number of likely N-dealkylation sites (N-methyl/N-ethyl adjacent to an activating group) is 1. The molecule has 0 unspecified atom stereocenters. The number of carbonyl (C=O) groups excluding carboxylic acids is 2. The number of hydrogen-bond acceptors (Lipinski definition) is 2. The van der Waals surface area contributed by atoms with Gasteiger partial charge in [-0.2, -0.15) is 0 Å². The summed E-state index contributed by atoms with van der Waals surface area (Å²) in [5, 5.41) is 5.37. The highest BCUT2D eigenvalue weighted by atomic mass is 16.2. The van der Waals surface area contributed by atoms with Crippen LogP contribution in [-0.4, -0.2) is 24.4 Å². The number of rotatable bonds is 4. The Hall–Kier alpha value is -1.84. The standard InChI is InChI=1S/C16H24N2O2/c1-6-17-14(19)11(2)18-15(20)12-7-9-13(10-8-12)16(3,4)5/h7-11H,6H2,1-5H3,(H,17,19)(H,18,20)/t11-/m0/s1. The van der Waals surface area contributed by atoms with Gasteiger partial charge in [-0.1, -0.05) is 32.9 Å². The van der Waals surface area contributed by atoms with Crippen LogP contribution in [0, 0.1) is 0 Å². The van der Waals surface area contributed by atoms with Crippen LogP contribution in [0.4, 0.5) is 0 Å². The molecule has 1 atom stereocenters. The van der Waals surface area contributed by atoms with Crippen molar-refractivity contribution in [3.05, 3.63) is 35.4 Å². The topological polar surface area (TPSA) is 58.2 Å². The van der Waals surface area contributed by atoms with Crippen LogP contribution in [-0.2, 0) is 10.2 Å². The zero-order valence-electron chi connectivity index (χ0n) is 12.9. The molecule has 4 nitrogen and oxygen atoms in total. The molecule has 0 fully saturated rings. The highest BCUT2D eigenvalue weighted by molar-refractivity contribution is 5.97. The molecule has 4 heteroatoms. The molecule has 0 radical (unpaired) electrons. The molecule has 0 aliphatic carbocycles. The van der Waals surface area contributed by atoms with Gasteiger partial charge in [0.15, 0.2) is 0 Å². The number of amides is 2. The lowest BCUT2D eigenvalue weighted by Crippen LogP contribution is -2.44. The fraction of sp³-hybridized carbons (Fsp3) is 0.500. The first-order chi connectivity index (χ1) is 9.25. The molecule has 0 heterocycles. The second kappa shape index (κ2) is 6.55. The van der Waals surface area contributed by atoms with Crippen molar-refractivity contribution in [3.63, 3.8) is 0 Å². The molecule has 2 amide bonds. The Morgan fingerprint density at radius 2 is 1.70 bits per heavy atom. The second-order valence-corrected chi connectivity index (χ2v) is 5.92. The third kappa shape index (κ3) is 4.37. The first-order valence-corrected chi connectivity index (χ1v) is 6.94. The van der Waals surface area contributed by atoms with Crippen molar-refractivity contribution < 1.29 is 9.59 Å². The SMILES string of the molecule is CCNC(=O)[C@H](C)NC(=O)c1ccc(C(C)(C)C)cc1. The van der Waals surface area contributed by atoms with Gasteiger partial charge in [0.1, 0.15) is 6.04 Å². The quantitative estimate of drug-likeness (QED) is 0.886. The molecule has 0 saturated heterocycles. The van der Waals surface area contributed by atoms with Gasteiger partial charge in [-0.15, -0.1) is 0 Å². The van der Waals surface area contributed by atoms with Crippen molar-refractivity contribution in [2.75, 3.05) is 6.54 Å². The molecule has 110 valence electrons. The minimum Gasteiger partial charge on any atom is -0.355 e. The van der Waals surface area contributed by atoms with Crippen LogP contribution in [0.25, 0.3) is 0 Å². The first kappa shape index (κ1) is 16.2. The summed E-state index contributed by atoms with van der Waals surface area (Å²) in [6.07, 6.45) is 0. The van der Waals surface area contributed by atoms with Crippen molar-refractivity contribution >= 4 is 11.8 Å². The van der Waals surface area contributed by atoms with E-state index < -0.39 is 6.04 Å². The predicted octanol–water partition coefficient (Wildman–Crippen LogP) is 2.24. The number of nitrogens with one attached hydrogen (secondary N) is 2. The monoisotopic (exact) mass is 276 g/mol. The summed E-state index contributed by atoms with van der Waals surface area (Å²) < 4.78 is 0. The fourth-order valence-corrected chi connectivity index (χ4v) is 1.79. The molecule has 0 aromatic heterocycles. The van der Waals surface area contributed by atoms with Crippen molar-refractivity contribution in [2.24, 2.45) is 0 Å². The van der Waals surface area contributed by atoms with Crippen LogP contribution >= 0.6 is 0 Å².